The molecule has 0 radical (unpaired) electrons. The van der Waals surface area contributed by atoms with Crippen molar-refractivity contribution in [1.29, 1.82) is 0 Å². The van der Waals surface area contributed by atoms with Gasteiger partial charge in [-0.25, -0.2) is 0 Å². The number of ether oxygens (including phenoxy) is 1. The first kappa shape index (κ1) is 13.2. The van der Waals surface area contributed by atoms with Crippen LogP contribution >= 0.6 is 0 Å². The van der Waals surface area contributed by atoms with E-state index in [4.69, 9.17) is 4.74 Å². The van der Waals surface area contributed by atoms with E-state index in [1.807, 2.05) is 25.1 Å². The molecule has 106 valence electrons. The Hall–Kier alpha value is -1.81. The summed E-state index contributed by atoms with van der Waals surface area (Å²) in [7, 11) is 2.14. The Balaban J connectivity index is 1.88. The fourth-order valence-corrected chi connectivity index (χ4v) is 2.73. The Kier molecular flexibility index (Phi) is 3.49. The second kappa shape index (κ2) is 5.29. The first-order valence-corrected chi connectivity index (χ1v) is 7.11. The van der Waals surface area contributed by atoms with Gasteiger partial charge in [-0.1, -0.05) is 0 Å². The number of aromatic amines is 1. The predicted octanol–water partition coefficient (Wildman–Crippen LogP) is 2.31. The Bertz CT molecular complexity index is 670. The summed E-state index contributed by atoms with van der Waals surface area (Å²) in [5.74, 6) is 0.901. The monoisotopic (exact) mass is 272 g/mol. The highest BCUT2D eigenvalue weighted by atomic mass is 16.5. The number of fused-ring (bicyclic) bond motifs is 1. The van der Waals surface area contributed by atoms with Crippen molar-refractivity contribution in [2.75, 3.05) is 20.1 Å². The molecule has 1 aliphatic heterocycles. The zero-order valence-electron chi connectivity index (χ0n) is 12.0. The van der Waals surface area contributed by atoms with Crippen molar-refractivity contribution in [2.45, 2.75) is 25.9 Å². The van der Waals surface area contributed by atoms with Crippen LogP contribution in [0, 0.1) is 6.92 Å². The van der Waals surface area contributed by atoms with Crippen molar-refractivity contribution in [3.63, 3.8) is 0 Å². The molecule has 1 aromatic carbocycles. The maximum Gasteiger partial charge on any atom is 0.255 e. The van der Waals surface area contributed by atoms with Gasteiger partial charge in [-0.05, 0) is 56.0 Å². The summed E-state index contributed by atoms with van der Waals surface area (Å²) in [6.45, 7) is 4.16. The standard InChI is InChI=1S/C16H20N2O2/c1-11-9-14-12(3-6-17-16(14)19)10-15(11)20-13-4-7-18(2)8-5-13/h3,6,9-10,13H,4-5,7-8H2,1-2H3,(H,17,19). The van der Waals surface area contributed by atoms with Gasteiger partial charge >= 0.3 is 0 Å². The number of nitrogens with one attached hydrogen (secondary N) is 1. The Morgan fingerprint density at radius 1 is 1.30 bits per heavy atom. The Morgan fingerprint density at radius 2 is 2.05 bits per heavy atom. The third-order valence-electron chi connectivity index (χ3n) is 4.03. The van der Waals surface area contributed by atoms with E-state index in [0.717, 1.165) is 48.0 Å². The lowest BCUT2D eigenvalue weighted by Gasteiger charge is -2.29. The molecule has 1 aromatic heterocycles. The molecule has 0 aliphatic carbocycles. The minimum absolute atomic E-state index is 0.0450. The van der Waals surface area contributed by atoms with Crippen molar-refractivity contribution >= 4 is 10.8 Å². The summed E-state index contributed by atoms with van der Waals surface area (Å²) < 4.78 is 6.14. The lowest BCUT2D eigenvalue weighted by Crippen LogP contribution is -2.35. The number of pyridine rings is 1. The minimum Gasteiger partial charge on any atom is -0.490 e. The average molecular weight is 272 g/mol. The number of piperidine rings is 1. The molecule has 0 amide bonds. The van der Waals surface area contributed by atoms with Crippen LogP contribution in [0.3, 0.4) is 0 Å². The largest absolute Gasteiger partial charge is 0.490 e. The smallest absolute Gasteiger partial charge is 0.255 e. The van der Waals surface area contributed by atoms with E-state index in [1.54, 1.807) is 6.20 Å². The zero-order chi connectivity index (χ0) is 14.1. The van der Waals surface area contributed by atoms with E-state index >= 15 is 0 Å². The number of hydrogen-bond acceptors (Lipinski definition) is 3. The maximum atomic E-state index is 11.8. The van der Waals surface area contributed by atoms with E-state index in [0.29, 0.717) is 0 Å². The van der Waals surface area contributed by atoms with Crippen LogP contribution in [-0.4, -0.2) is 36.1 Å². The van der Waals surface area contributed by atoms with Crippen LogP contribution in [0.2, 0.25) is 0 Å². The summed E-state index contributed by atoms with van der Waals surface area (Å²) in [6, 6.07) is 5.81. The van der Waals surface area contributed by atoms with Gasteiger partial charge in [-0.3, -0.25) is 4.79 Å². The van der Waals surface area contributed by atoms with E-state index in [-0.39, 0.29) is 11.7 Å². The summed E-state index contributed by atoms with van der Waals surface area (Å²) in [4.78, 5) is 16.8. The van der Waals surface area contributed by atoms with Crippen LogP contribution in [-0.2, 0) is 0 Å². The number of rotatable bonds is 2. The van der Waals surface area contributed by atoms with Crippen LogP contribution in [0.25, 0.3) is 10.8 Å². The maximum absolute atomic E-state index is 11.8. The summed E-state index contributed by atoms with van der Waals surface area (Å²) in [6.07, 6.45) is 4.08. The number of likely N-dealkylation sites (tertiary alicyclic amines) is 1. The zero-order valence-corrected chi connectivity index (χ0v) is 12.0. The molecule has 1 N–H and O–H groups in total. The Morgan fingerprint density at radius 3 is 2.80 bits per heavy atom. The van der Waals surface area contributed by atoms with Crippen LogP contribution in [0.4, 0.5) is 0 Å². The number of H-pyrrole nitrogens is 1. The molecule has 4 nitrogen and oxygen atoms in total. The van der Waals surface area contributed by atoms with Gasteiger partial charge < -0.3 is 14.6 Å². The van der Waals surface area contributed by atoms with Crippen molar-refractivity contribution in [3.8, 4) is 5.75 Å². The Labute approximate surface area is 118 Å². The number of aryl methyl sites for hydroxylation is 1. The van der Waals surface area contributed by atoms with Crippen LogP contribution < -0.4 is 10.3 Å². The first-order chi connectivity index (χ1) is 9.63. The van der Waals surface area contributed by atoms with Gasteiger partial charge in [0.1, 0.15) is 11.9 Å². The highest BCUT2D eigenvalue weighted by molar-refractivity contribution is 5.83. The van der Waals surface area contributed by atoms with Gasteiger partial charge in [0.25, 0.3) is 5.56 Å². The predicted molar refractivity (Wildman–Crippen MR) is 80.5 cm³/mol. The lowest BCUT2D eigenvalue weighted by molar-refractivity contribution is 0.114. The third kappa shape index (κ3) is 2.56. The molecule has 1 fully saturated rings. The van der Waals surface area contributed by atoms with Gasteiger partial charge in [0, 0.05) is 24.7 Å². The van der Waals surface area contributed by atoms with Gasteiger partial charge in [-0.15, -0.1) is 0 Å². The molecule has 4 heteroatoms. The van der Waals surface area contributed by atoms with Crippen molar-refractivity contribution in [1.82, 2.24) is 9.88 Å². The minimum atomic E-state index is -0.0450. The molecular weight excluding hydrogens is 252 g/mol. The van der Waals surface area contributed by atoms with E-state index < -0.39 is 0 Å². The van der Waals surface area contributed by atoms with Gasteiger partial charge in [-0.2, -0.15) is 0 Å². The number of aromatic nitrogens is 1. The molecule has 1 saturated heterocycles. The van der Waals surface area contributed by atoms with Crippen molar-refractivity contribution < 1.29 is 4.74 Å². The van der Waals surface area contributed by atoms with Gasteiger partial charge in [0.15, 0.2) is 0 Å². The number of nitrogens with zero attached hydrogens (tertiary/aromatic N) is 1. The van der Waals surface area contributed by atoms with Gasteiger partial charge in [0.2, 0.25) is 0 Å². The van der Waals surface area contributed by atoms with Crippen LogP contribution in [0.15, 0.2) is 29.2 Å². The van der Waals surface area contributed by atoms with Crippen molar-refractivity contribution in [3.05, 3.63) is 40.3 Å². The number of benzene rings is 1. The molecule has 0 spiro atoms. The summed E-state index contributed by atoms with van der Waals surface area (Å²) in [5.41, 5.74) is 0.976. The second-order valence-corrected chi connectivity index (χ2v) is 5.63. The fraction of sp³-hybridized carbons (Fsp3) is 0.438. The molecule has 0 bridgehead atoms. The topological polar surface area (TPSA) is 45.3 Å². The van der Waals surface area contributed by atoms with Gasteiger partial charge in [0.05, 0.1) is 0 Å². The molecular formula is C16H20N2O2. The fourth-order valence-electron chi connectivity index (χ4n) is 2.73. The molecule has 0 unspecified atom stereocenters. The number of hydrogen-bond donors (Lipinski definition) is 1. The molecule has 0 atom stereocenters. The van der Waals surface area contributed by atoms with Crippen molar-refractivity contribution in [2.24, 2.45) is 0 Å². The summed E-state index contributed by atoms with van der Waals surface area (Å²) in [5, 5.41) is 1.66. The molecule has 20 heavy (non-hydrogen) atoms. The van der Waals surface area contributed by atoms with E-state index in [2.05, 4.69) is 16.9 Å². The molecule has 1 aliphatic rings. The molecule has 0 saturated carbocycles. The van der Waals surface area contributed by atoms with Crippen LogP contribution in [0.1, 0.15) is 18.4 Å². The normalized spacial score (nSPS) is 17.5. The molecule has 3 rings (SSSR count). The highest BCUT2D eigenvalue weighted by Crippen LogP contribution is 2.26. The first-order valence-electron chi connectivity index (χ1n) is 7.11. The summed E-state index contributed by atoms with van der Waals surface area (Å²) >= 11 is 0. The van der Waals surface area contributed by atoms with E-state index in [1.165, 1.54) is 0 Å². The molecule has 2 heterocycles. The molecule has 2 aromatic rings. The van der Waals surface area contributed by atoms with E-state index in [9.17, 15) is 4.79 Å². The SMILES string of the molecule is Cc1cc2c(=O)[nH]ccc2cc1OC1CCN(C)CC1. The highest BCUT2D eigenvalue weighted by Gasteiger charge is 2.19. The average Bonchev–Trinajstić information content (AvgIpc) is 2.43. The second-order valence-electron chi connectivity index (χ2n) is 5.63. The third-order valence-corrected chi connectivity index (χ3v) is 4.03. The van der Waals surface area contributed by atoms with Crippen LogP contribution in [0.5, 0.6) is 5.75 Å². The quantitative estimate of drug-likeness (QED) is 0.912. The lowest BCUT2D eigenvalue weighted by atomic mass is 10.1.